The number of imidazole rings is 1. The van der Waals surface area contributed by atoms with Crippen molar-refractivity contribution in [2.75, 3.05) is 0 Å². The van der Waals surface area contributed by atoms with Gasteiger partial charge in [0.2, 0.25) is 0 Å². The van der Waals surface area contributed by atoms with Crippen LogP contribution in [0.3, 0.4) is 0 Å². The van der Waals surface area contributed by atoms with Crippen LogP contribution in [0, 0.1) is 13.8 Å². The molecule has 80 valence electrons. The number of fused-ring (bicyclic) bond motifs is 1. The van der Waals surface area contributed by atoms with Gasteiger partial charge in [0.1, 0.15) is 4.88 Å². The number of aromatic nitrogens is 4. The lowest BCUT2D eigenvalue weighted by Crippen LogP contribution is -1.79. The molecular formula is C11H10N4S. The van der Waals surface area contributed by atoms with Crippen molar-refractivity contribution in [2.45, 2.75) is 13.8 Å². The number of H-pyrrole nitrogens is 1. The van der Waals surface area contributed by atoms with Gasteiger partial charge in [-0.1, -0.05) is 10.6 Å². The molecule has 16 heavy (non-hydrogen) atoms. The van der Waals surface area contributed by atoms with E-state index in [0.29, 0.717) is 0 Å². The van der Waals surface area contributed by atoms with Gasteiger partial charge in [-0.15, -0.1) is 5.10 Å². The van der Waals surface area contributed by atoms with Crippen molar-refractivity contribution in [2.24, 2.45) is 0 Å². The summed E-state index contributed by atoms with van der Waals surface area (Å²) in [6.07, 6.45) is 0. The first kappa shape index (κ1) is 9.47. The Bertz CT molecular complexity index is 653. The number of rotatable bonds is 1. The summed E-state index contributed by atoms with van der Waals surface area (Å²) in [6.45, 7) is 4.01. The van der Waals surface area contributed by atoms with Gasteiger partial charge < -0.3 is 4.98 Å². The molecule has 0 aliphatic heterocycles. The Labute approximate surface area is 96.5 Å². The number of aromatic amines is 1. The topological polar surface area (TPSA) is 54.5 Å². The fourth-order valence-corrected chi connectivity index (χ4v) is 2.28. The minimum Gasteiger partial charge on any atom is -0.337 e. The monoisotopic (exact) mass is 230 g/mol. The molecule has 0 radical (unpaired) electrons. The first-order chi connectivity index (χ1) is 7.74. The molecule has 5 heteroatoms. The highest BCUT2D eigenvalue weighted by molar-refractivity contribution is 7.09. The van der Waals surface area contributed by atoms with E-state index in [1.54, 1.807) is 0 Å². The third kappa shape index (κ3) is 1.40. The van der Waals surface area contributed by atoms with E-state index in [1.165, 1.54) is 17.1 Å². The molecule has 0 bridgehead atoms. The smallest absolute Gasteiger partial charge is 0.152 e. The van der Waals surface area contributed by atoms with Crippen LogP contribution in [0.1, 0.15) is 11.3 Å². The van der Waals surface area contributed by atoms with Crippen molar-refractivity contribution >= 4 is 22.6 Å². The summed E-state index contributed by atoms with van der Waals surface area (Å²) in [5.41, 5.74) is 4.18. The Morgan fingerprint density at radius 3 is 2.88 bits per heavy atom. The van der Waals surface area contributed by atoms with Crippen molar-refractivity contribution in [1.82, 2.24) is 19.6 Å². The van der Waals surface area contributed by atoms with Crippen LogP contribution in [0.15, 0.2) is 18.2 Å². The molecule has 0 atom stereocenters. The molecule has 0 saturated carbocycles. The van der Waals surface area contributed by atoms with Gasteiger partial charge in [0.05, 0.1) is 16.7 Å². The largest absolute Gasteiger partial charge is 0.337 e. The van der Waals surface area contributed by atoms with Gasteiger partial charge in [-0.25, -0.2) is 4.98 Å². The van der Waals surface area contributed by atoms with E-state index in [-0.39, 0.29) is 0 Å². The standard InChI is InChI=1S/C11H10N4S/c1-6-3-4-8-9(5-6)13-11(12-8)10-7(2)14-15-16-10/h3-5H,1-2H3,(H,12,13). The molecule has 1 aromatic carbocycles. The molecule has 0 amide bonds. The molecule has 0 saturated heterocycles. The fourth-order valence-electron chi connectivity index (χ4n) is 1.68. The van der Waals surface area contributed by atoms with Gasteiger partial charge in [-0.3, -0.25) is 0 Å². The maximum absolute atomic E-state index is 4.53. The minimum atomic E-state index is 0.855. The molecule has 1 N–H and O–H groups in total. The Hall–Kier alpha value is -1.75. The van der Waals surface area contributed by atoms with Crippen LogP contribution < -0.4 is 0 Å². The van der Waals surface area contributed by atoms with Crippen molar-refractivity contribution in [3.63, 3.8) is 0 Å². The van der Waals surface area contributed by atoms with E-state index in [9.17, 15) is 0 Å². The molecule has 2 heterocycles. The maximum Gasteiger partial charge on any atom is 0.152 e. The molecule has 0 aliphatic carbocycles. The Morgan fingerprint density at radius 1 is 1.25 bits per heavy atom. The molecule has 3 rings (SSSR count). The molecule has 0 fully saturated rings. The van der Waals surface area contributed by atoms with E-state index in [4.69, 9.17) is 0 Å². The van der Waals surface area contributed by atoms with Crippen molar-refractivity contribution in [3.05, 3.63) is 29.5 Å². The fraction of sp³-hybridized carbons (Fsp3) is 0.182. The van der Waals surface area contributed by atoms with E-state index in [1.807, 2.05) is 13.0 Å². The second kappa shape index (κ2) is 3.38. The second-order valence-electron chi connectivity index (χ2n) is 3.79. The summed E-state index contributed by atoms with van der Waals surface area (Å²) >= 11 is 1.37. The summed E-state index contributed by atoms with van der Waals surface area (Å²) in [7, 11) is 0. The van der Waals surface area contributed by atoms with Crippen LogP contribution in [0.2, 0.25) is 0 Å². The third-order valence-electron chi connectivity index (χ3n) is 2.50. The first-order valence-electron chi connectivity index (χ1n) is 5.00. The van der Waals surface area contributed by atoms with E-state index < -0.39 is 0 Å². The van der Waals surface area contributed by atoms with Crippen molar-refractivity contribution in [1.29, 1.82) is 0 Å². The van der Waals surface area contributed by atoms with Crippen molar-refractivity contribution < 1.29 is 0 Å². The van der Waals surface area contributed by atoms with Gasteiger partial charge in [0.25, 0.3) is 0 Å². The van der Waals surface area contributed by atoms with Gasteiger partial charge in [-0.2, -0.15) is 0 Å². The van der Waals surface area contributed by atoms with Gasteiger partial charge >= 0.3 is 0 Å². The predicted octanol–water partition coefficient (Wildman–Crippen LogP) is 2.70. The Kier molecular flexibility index (Phi) is 2.00. The average molecular weight is 230 g/mol. The minimum absolute atomic E-state index is 0.855. The van der Waals surface area contributed by atoms with Crippen LogP contribution in [0.25, 0.3) is 21.7 Å². The molecule has 3 aromatic rings. The maximum atomic E-state index is 4.53. The quantitative estimate of drug-likeness (QED) is 0.699. The number of nitrogens with zero attached hydrogens (tertiary/aromatic N) is 3. The number of hydrogen-bond donors (Lipinski definition) is 1. The van der Waals surface area contributed by atoms with Gasteiger partial charge in [0.15, 0.2) is 5.82 Å². The summed E-state index contributed by atoms with van der Waals surface area (Å²) in [5.74, 6) is 0.855. The lowest BCUT2D eigenvalue weighted by molar-refractivity contribution is 1.09. The summed E-state index contributed by atoms with van der Waals surface area (Å²) < 4.78 is 3.92. The number of nitrogens with one attached hydrogen (secondary N) is 1. The van der Waals surface area contributed by atoms with Crippen LogP contribution >= 0.6 is 11.5 Å². The summed E-state index contributed by atoms with van der Waals surface area (Å²) in [6, 6.07) is 6.18. The van der Waals surface area contributed by atoms with Gasteiger partial charge in [-0.05, 0) is 43.1 Å². The molecule has 4 nitrogen and oxygen atoms in total. The molecule has 0 spiro atoms. The molecular weight excluding hydrogens is 220 g/mol. The summed E-state index contributed by atoms with van der Waals surface area (Å²) in [5, 5.41) is 3.99. The second-order valence-corrected chi connectivity index (χ2v) is 4.55. The highest BCUT2D eigenvalue weighted by Crippen LogP contribution is 2.25. The normalized spacial score (nSPS) is 11.1. The molecule has 2 aromatic heterocycles. The van der Waals surface area contributed by atoms with Crippen LogP contribution in [0.5, 0.6) is 0 Å². The van der Waals surface area contributed by atoms with Crippen LogP contribution in [-0.4, -0.2) is 19.6 Å². The zero-order valence-electron chi connectivity index (χ0n) is 8.98. The predicted molar refractivity (Wildman–Crippen MR) is 64.5 cm³/mol. The summed E-state index contributed by atoms with van der Waals surface area (Å²) in [4.78, 5) is 8.84. The van der Waals surface area contributed by atoms with E-state index in [2.05, 4.69) is 38.6 Å². The Balaban J connectivity index is 2.23. The van der Waals surface area contributed by atoms with Crippen molar-refractivity contribution in [3.8, 4) is 10.7 Å². The lowest BCUT2D eigenvalue weighted by atomic mass is 10.2. The zero-order chi connectivity index (χ0) is 11.1. The third-order valence-corrected chi connectivity index (χ3v) is 3.34. The highest BCUT2D eigenvalue weighted by Gasteiger charge is 2.10. The lowest BCUT2D eigenvalue weighted by Gasteiger charge is -1.89. The highest BCUT2D eigenvalue weighted by atomic mass is 32.1. The number of aryl methyl sites for hydroxylation is 2. The zero-order valence-corrected chi connectivity index (χ0v) is 9.80. The Morgan fingerprint density at radius 2 is 2.12 bits per heavy atom. The van der Waals surface area contributed by atoms with E-state index in [0.717, 1.165) is 27.4 Å². The number of hydrogen-bond acceptors (Lipinski definition) is 4. The van der Waals surface area contributed by atoms with Crippen LogP contribution in [-0.2, 0) is 0 Å². The van der Waals surface area contributed by atoms with E-state index >= 15 is 0 Å². The van der Waals surface area contributed by atoms with Crippen LogP contribution in [0.4, 0.5) is 0 Å². The number of benzene rings is 1. The molecule has 0 unspecified atom stereocenters. The average Bonchev–Trinajstić information content (AvgIpc) is 2.82. The first-order valence-corrected chi connectivity index (χ1v) is 5.77. The van der Waals surface area contributed by atoms with Gasteiger partial charge in [0, 0.05) is 0 Å². The SMILES string of the molecule is Cc1ccc2nc(-c3snnc3C)[nH]c2c1. The molecule has 0 aliphatic rings.